The first-order chi connectivity index (χ1) is 9.06. The molecule has 19 heavy (non-hydrogen) atoms. The Morgan fingerprint density at radius 1 is 1.47 bits per heavy atom. The molecule has 0 saturated heterocycles. The normalized spacial score (nSPS) is 10.6. The van der Waals surface area contributed by atoms with Crippen molar-refractivity contribution in [2.75, 3.05) is 13.1 Å². The van der Waals surface area contributed by atoms with Gasteiger partial charge in [-0.15, -0.1) is 11.3 Å². The van der Waals surface area contributed by atoms with Gasteiger partial charge in [0.2, 0.25) is 0 Å². The molecule has 0 aliphatic carbocycles. The van der Waals surface area contributed by atoms with E-state index in [1.807, 2.05) is 26.2 Å². The van der Waals surface area contributed by atoms with Crippen LogP contribution in [0.5, 0.6) is 0 Å². The van der Waals surface area contributed by atoms with E-state index in [2.05, 4.69) is 24.1 Å². The molecule has 0 radical (unpaired) electrons. The van der Waals surface area contributed by atoms with Crippen molar-refractivity contribution in [3.63, 3.8) is 0 Å². The fourth-order valence-corrected chi connectivity index (χ4v) is 1.82. The zero-order chi connectivity index (χ0) is 15.1. The van der Waals surface area contributed by atoms with Crippen LogP contribution in [0.25, 0.3) is 0 Å². The average Bonchev–Trinajstić information content (AvgIpc) is 2.83. The number of hydrogen-bond donors (Lipinski definition) is 1. The van der Waals surface area contributed by atoms with Gasteiger partial charge in [0.25, 0.3) is 0 Å². The lowest BCUT2D eigenvalue weighted by molar-refractivity contribution is -0.116. The fraction of sp³-hybridized carbons (Fsp3) is 0.733. The van der Waals surface area contributed by atoms with Crippen LogP contribution in [0, 0.1) is 12.8 Å². The summed E-state index contributed by atoms with van der Waals surface area (Å²) >= 11 is 1.67. The zero-order valence-corrected chi connectivity index (χ0v) is 14.1. The van der Waals surface area contributed by atoms with Gasteiger partial charge in [0.05, 0.1) is 11.6 Å². The molecule has 0 saturated carbocycles. The van der Waals surface area contributed by atoms with Crippen LogP contribution in [0.15, 0.2) is 11.6 Å². The molecule has 1 aromatic rings. The Balaban J connectivity index is 0. The first-order valence-electron chi connectivity index (χ1n) is 7.12. The van der Waals surface area contributed by atoms with Gasteiger partial charge < -0.3 is 5.32 Å². The summed E-state index contributed by atoms with van der Waals surface area (Å²) < 4.78 is 0. The second-order valence-corrected chi connectivity index (χ2v) is 5.38. The minimum absolute atomic E-state index is 0.216. The summed E-state index contributed by atoms with van der Waals surface area (Å²) in [5, 5.41) is 6.22. The Morgan fingerprint density at radius 2 is 2.11 bits per heavy atom. The third-order valence-corrected chi connectivity index (χ3v) is 2.91. The summed E-state index contributed by atoms with van der Waals surface area (Å²) in [5.41, 5.74) is 0. The van der Waals surface area contributed by atoms with Gasteiger partial charge in [-0.05, 0) is 32.7 Å². The van der Waals surface area contributed by atoms with E-state index in [1.165, 1.54) is 12.8 Å². The molecule has 0 bridgehead atoms. The lowest BCUT2D eigenvalue weighted by Crippen LogP contribution is -2.25. The Morgan fingerprint density at radius 3 is 2.42 bits per heavy atom. The molecule has 1 unspecified atom stereocenters. The maximum atomic E-state index is 10.5. The van der Waals surface area contributed by atoms with Crippen LogP contribution >= 0.6 is 11.3 Å². The van der Waals surface area contributed by atoms with E-state index in [4.69, 9.17) is 0 Å². The molecule has 112 valence electrons. The number of nitrogens with one attached hydrogen (secondary N) is 1. The van der Waals surface area contributed by atoms with E-state index in [0.717, 1.165) is 11.6 Å². The van der Waals surface area contributed by atoms with E-state index < -0.39 is 0 Å². The summed E-state index contributed by atoms with van der Waals surface area (Å²) in [6.07, 6.45) is 4.27. The van der Waals surface area contributed by atoms with Gasteiger partial charge in [0, 0.05) is 11.6 Å². The number of aromatic nitrogens is 1. The number of Topliss-reactive ketones (excluding diaryl/α,β-unsaturated/α-hetero) is 1. The number of carbonyl (C=O) groups is 1. The highest BCUT2D eigenvalue weighted by Crippen LogP contribution is 2.02. The predicted molar refractivity (Wildman–Crippen MR) is 85.8 cm³/mol. The third kappa shape index (κ3) is 17.3. The van der Waals surface area contributed by atoms with E-state index in [-0.39, 0.29) is 5.78 Å². The van der Waals surface area contributed by atoms with Crippen LogP contribution < -0.4 is 5.32 Å². The number of rotatable bonds is 6. The zero-order valence-electron chi connectivity index (χ0n) is 13.3. The van der Waals surface area contributed by atoms with Crippen molar-refractivity contribution >= 4 is 17.1 Å². The minimum atomic E-state index is 0.216. The number of ketones is 1. The SMILES string of the molecule is CC.CCCC(C)CNCC(C)=O.Cc1nccs1. The highest BCUT2D eigenvalue weighted by molar-refractivity contribution is 7.09. The lowest BCUT2D eigenvalue weighted by atomic mass is 10.1. The predicted octanol–water partition coefficient (Wildman–Crippen LogP) is 4.08. The number of thiazole rings is 1. The van der Waals surface area contributed by atoms with Crippen molar-refractivity contribution in [1.29, 1.82) is 0 Å². The van der Waals surface area contributed by atoms with Crippen LogP contribution in [0.3, 0.4) is 0 Å². The molecule has 1 N–H and O–H groups in total. The Kier molecular flexibility index (Phi) is 16.6. The second kappa shape index (κ2) is 15.3. The highest BCUT2D eigenvalue weighted by Gasteiger charge is 1.99. The van der Waals surface area contributed by atoms with E-state index >= 15 is 0 Å². The monoisotopic (exact) mass is 286 g/mol. The average molecular weight is 286 g/mol. The first-order valence-corrected chi connectivity index (χ1v) is 8.00. The highest BCUT2D eigenvalue weighted by atomic mass is 32.1. The van der Waals surface area contributed by atoms with E-state index in [0.29, 0.717) is 12.5 Å². The third-order valence-electron chi connectivity index (χ3n) is 2.20. The molecule has 3 nitrogen and oxygen atoms in total. The van der Waals surface area contributed by atoms with Gasteiger partial charge in [-0.25, -0.2) is 0 Å². The molecular weight excluding hydrogens is 256 g/mol. The summed E-state index contributed by atoms with van der Waals surface area (Å²) in [7, 11) is 0. The van der Waals surface area contributed by atoms with Crippen molar-refractivity contribution in [2.24, 2.45) is 5.92 Å². The number of carbonyl (C=O) groups excluding carboxylic acids is 1. The molecule has 1 atom stereocenters. The van der Waals surface area contributed by atoms with Crippen molar-refractivity contribution in [3.05, 3.63) is 16.6 Å². The molecule has 1 heterocycles. The Labute approximate surface area is 122 Å². The molecule has 1 rings (SSSR count). The van der Waals surface area contributed by atoms with E-state index in [9.17, 15) is 4.79 Å². The van der Waals surface area contributed by atoms with Gasteiger partial charge in [0.1, 0.15) is 5.78 Å². The van der Waals surface area contributed by atoms with Gasteiger partial charge >= 0.3 is 0 Å². The maximum Gasteiger partial charge on any atom is 0.143 e. The molecule has 0 fully saturated rings. The minimum Gasteiger partial charge on any atom is -0.310 e. The lowest BCUT2D eigenvalue weighted by Gasteiger charge is -2.09. The summed E-state index contributed by atoms with van der Waals surface area (Å²) in [6.45, 7) is 13.5. The number of nitrogens with zero attached hydrogens (tertiary/aromatic N) is 1. The van der Waals surface area contributed by atoms with Crippen molar-refractivity contribution in [1.82, 2.24) is 10.3 Å². The Hall–Kier alpha value is -0.740. The van der Waals surface area contributed by atoms with Gasteiger partial charge in [-0.3, -0.25) is 9.78 Å². The second-order valence-electron chi connectivity index (χ2n) is 4.28. The van der Waals surface area contributed by atoms with Crippen molar-refractivity contribution in [2.45, 2.75) is 54.4 Å². The largest absolute Gasteiger partial charge is 0.310 e. The summed E-state index contributed by atoms with van der Waals surface area (Å²) in [6, 6.07) is 0. The number of hydrogen-bond acceptors (Lipinski definition) is 4. The van der Waals surface area contributed by atoms with Crippen LogP contribution in [-0.4, -0.2) is 23.9 Å². The first kappa shape index (κ1) is 20.6. The van der Waals surface area contributed by atoms with Crippen LogP contribution in [0.4, 0.5) is 0 Å². The summed E-state index contributed by atoms with van der Waals surface area (Å²) in [5.74, 6) is 0.910. The van der Waals surface area contributed by atoms with Crippen molar-refractivity contribution in [3.8, 4) is 0 Å². The Bertz CT molecular complexity index is 286. The molecule has 0 amide bonds. The quantitative estimate of drug-likeness (QED) is 0.857. The van der Waals surface area contributed by atoms with Gasteiger partial charge in [0.15, 0.2) is 0 Å². The van der Waals surface area contributed by atoms with Crippen LogP contribution in [0.1, 0.15) is 52.5 Å². The fourth-order valence-electron chi connectivity index (χ4n) is 1.38. The van der Waals surface area contributed by atoms with E-state index in [1.54, 1.807) is 24.5 Å². The molecule has 4 heteroatoms. The molecular formula is C15H30N2OS. The number of aryl methyl sites for hydroxylation is 1. The molecule has 0 spiro atoms. The maximum absolute atomic E-state index is 10.5. The summed E-state index contributed by atoms with van der Waals surface area (Å²) in [4.78, 5) is 14.5. The van der Waals surface area contributed by atoms with Crippen LogP contribution in [0.2, 0.25) is 0 Å². The molecule has 1 aromatic heterocycles. The topological polar surface area (TPSA) is 42.0 Å². The molecule has 0 aromatic carbocycles. The standard InChI is InChI=1S/C9H19NO.C4H5NS.C2H6/c1-4-5-8(2)6-10-7-9(3)11;1-4-5-2-3-6-4;1-2/h8,10H,4-7H2,1-3H3;2-3H,1H3;1-2H3. The van der Waals surface area contributed by atoms with Gasteiger partial charge in [-0.1, -0.05) is 34.1 Å². The molecule has 0 aliphatic heterocycles. The van der Waals surface area contributed by atoms with Crippen LogP contribution in [-0.2, 0) is 4.79 Å². The van der Waals surface area contributed by atoms with Gasteiger partial charge in [-0.2, -0.15) is 0 Å². The molecule has 0 aliphatic rings. The van der Waals surface area contributed by atoms with Crippen molar-refractivity contribution < 1.29 is 4.79 Å². The smallest absolute Gasteiger partial charge is 0.143 e.